The number of carbonyl (C=O) groups is 1. The lowest BCUT2D eigenvalue weighted by atomic mass is 10.2. The van der Waals surface area contributed by atoms with E-state index in [2.05, 4.69) is 15.5 Å². The Bertz CT molecular complexity index is 565. The van der Waals surface area contributed by atoms with E-state index < -0.39 is 5.91 Å². The molecule has 1 aromatic heterocycles. The standard InChI is InChI=1S/C12H14N4O2/c1-7(12-15-8(2)16-18-12)14-10-5-3-4-9(6-10)11(13)17/h3-7,14H,1-2H3,(H2,13,17)/t7-/m0/s1. The molecule has 0 aliphatic carbocycles. The number of aromatic nitrogens is 2. The minimum atomic E-state index is -0.458. The fraction of sp³-hybridized carbons (Fsp3) is 0.250. The van der Waals surface area contributed by atoms with E-state index in [4.69, 9.17) is 10.3 Å². The molecule has 0 bridgehead atoms. The van der Waals surface area contributed by atoms with Gasteiger partial charge in [-0.25, -0.2) is 0 Å². The molecule has 1 atom stereocenters. The number of nitrogens with zero attached hydrogens (tertiary/aromatic N) is 2. The van der Waals surface area contributed by atoms with Crippen LogP contribution in [0.1, 0.15) is 35.0 Å². The van der Waals surface area contributed by atoms with Gasteiger partial charge in [0.1, 0.15) is 6.04 Å². The van der Waals surface area contributed by atoms with Crippen LogP contribution in [0.3, 0.4) is 0 Å². The molecule has 0 aliphatic rings. The SMILES string of the molecule is Cc1noc([C@H](C)Nc2cccc(C(N)=O)c2)n1. The molecule has 94 valence electrons. The Morgan fingerprint density at radius 1 is 1.50 bits per heavy atom. The van der Waals surface area contributed by atoms with Crippen molar-refractivity contribution in [1.29, 1.82) is 0 Å². The summed E-state index contributed by atoms with van der Waals surface area (Å²) in [6.45, 7) is 3.65. The van der Waals surface area contributed by atoms with Gasteiger partial charge >= 0.3 is 0 Å². The van der Waals surface area contributed by atoms with Gasteiger partial charge in [0.15, 0.2) is 5.82 Å². The summed E-state index contributed by atoms with van der Waals surface area (Å²) in [5.74, 6) is 0.626. The zero-order valence-electron chi connectivity index (χ0n) is 10.2. The topological polar surface area (TPSA) is 94.0 Å². The van der Waals surface area contributed by atoms with Gasteiger partial charge in [0.2, 0.25) is 11.8 Å². The summed E-state index contributed by atoms with van der Waals surface area (Å²) in [5, 5.41) is 6.89. The van der Waals surface area contributed by atoms with Crippen molar-refractivity contribution >= 4 is 11.6 Å². The number of primary amides is 1. The van der Waals surface area contributed by atoms with E-state index in [1.807, 2.05) is 13.0 Å². The van der Waals surface area contributed by atoms with Crippen LogP contribution in [0.15, 0.2) is 28.8 Å². The molecular formula is C12H14N4O2. The summed E-state index contributed by atoms with van der Waals surface area (Å²) < 4.78 is 5.06. The number of nitrogens with two attached hydrogens (primary N) is 1. The van der Waals surface area contributed by atoms with Gasteiger partial charge in [0.05, 0.1) is 0 Å². The van der Waals surface area contributed by atoms with Crippen LogP contribution in [-0.4, -0.2) is 16.0 Å². The molecule has 0 saturated carbocycles. The lowest BCUT2D eigenvalue weighted by Gasteiger charge is -2.11. The third kappa shape index (κ3) is 2.65. The molecule has 0 spiro atoms. The molecule has 0 saturated heterocycles. The number of anilines is 1. The second-order valence-corrected chi connectivity index (χ2v) is 3.99. The maximum atomic E-state index is 11.1. The molecule has 2 aromatic rings. The van der Waals surface area contributed by atoms with E-state index in [-0.39, 0.29) is 6.04 Å². The van der Waals surface area contributed by atoms with Crippen LogP contribution in [0.25, 0.3) is 0 Å². The Labute approximate surface area is 104 Å². The highest BCUT2D eigenvalue weighted by molar-refractivity contribution is 5.93. The molecule has 6 heteroatoms. The highest BCUT2D eigenvalue weighted by Crippen LogP contribution is 2.18. The number of hydrogen-bond donors (Lipinski definition) is 2. The van der Waals surface area contributed by atoms with Crippen molar-refractivity contribution in [1.82, 2.24) is 10.1 Å². The number of amides is 1. The van der Waals surface area contributed by atoms with E-state index in [0.29, 0.717) is 17.3 Å². The number of carbonyl (C=O) groups excluding carboxylic acids is 1. The molecule has 2 rings (SSSR count). The highest BCUT2D eigenvalue weighted by Gasteiger charge is 2.12. The van der Waals surface area contributed by atoms with Gasteiger partial charge in [-0.2, -0.15) is 4.98 Å². The molecule has 1 aromatic carbocycles. The predicted octanol–water partition coefficient (Wildman–Crippen LogP) is 1.65. The maximum Gasteiger partial charge on any atom is 0.248 e. The van der Waals surface area contributed by atoms with Gasteiger partial charge in [0.25, 0.3) is 0 Å². The highest BCUT2D eigenvalue weighted by atomic mass is 16.5. The van der Waals surface area contributed by atoms with Crippen molar-refractivity contribution in [2.45, 2.75) is 19.9 Å². The third-order valence-electron chi connectivity index (χ3n) is 2.44. The number of hydrogen-bond acceptors (Lipinski definition) is 5. The van der Waals surface area contributed by atoms with E-state index in [9.17, 15) is 4.79 Å². The zero-order valence-corrected chi connectivity index (χ0v) is 10.2. The van der Waals surface area contributed by atoms with Crippen LogP contribution >= 0.6 is 0 Å². The molecule has 0 unspecified atom stereocenters. The molecule has 0 radical (unpaired) electrons. The molecule has 0 fully saturated rings. The summed E-state index contributed by atoms with van der Waals surface area (Å²) in [7, 11) is 0. The third-order valence-corrected chi connectivity index (χ3v) is 2.44. The van der Waals surface area contributed by atoms with E-state index in [0.717, 1.165) is 5.69 Å². The maximum absolute atomic E-state index is 11.1. The quantitative estimate of drug-likeness (QED) is 0.855. The fourth-order valence-corrected chi connectivity index (χ4v) is 1.56. The predicted molar refractivity (Wildman–Crippen MR) is 66.0 cm³/mol. The monoisotopic (exact) mass is 246 g/mol. The normalized spacial score (nSPS) is 12.1. The van der Waals surface area contributed by atoms with Gasteiger partial charge in [-0.3, -0.25) is 4.79 Å². The van der Waals surface area contributed by atoms with Crippen LogP contribution in [0.4, 0.5) is 5.69 Å². The van der Waals surface area contributed by atoms with Gasteiger partial charge in [-0.15, -0.1) is 0 Å². The fourth-order valence-electron chi connectivity index (χ4n) is 1.56. The Hall–Kier alpha value is -2.37. The second kappa shape index (κ2) is 4.87. The average Bonchev–Trinajstić information content (AvgIpc) is 2.76. The molecule has 6 nitrogen and oxygen atoms in total. The lowest BCUT2D eigenvalue weighted by molar-refractivity contribution is 0.100. The van der Waals surface area contributed by atoms with Gasteiger partial charge in [0, 0.05) is 11.3 Å². The number of rotatable bonds is 4. The van der Waals surface area contributed by atoms with Crippen LogP contribution in [0.5, 0.6) is 0 Å². The van der Waals surface area contributed by atoms with E-state index in [1.54, 1.807) is 25.1 Å². The van der Waals surface area contributed by atoms with Crippen molar-refractivity contribution in [2.24, 2.45) is 5.73 Å². The first-order valence-corrected chi connectivity index (χ1v) is 5.53. The molecular weight excluding hydrogens is 232 g/mol. The summed E-state index contributed by atoms with van der Waals surface area (Å²) in [6.07, 6.45) is 0. The summed E-state index contributed by atoms with van der Waals surface area (Å²) in [6, 6.07) is 6.80. The summed E-state index contributed by atoms with van der Waals surface area (Å²) in [4.78, 5) is 15.2. The second-order valence-electron chi connectivity index (χ2n) is 3.99. The zero-order chi connectivity index (χ0) is 13.1. The Morgan fingerprint density at radius 2 is 2.28 bits per heavy atom. The summed E-state index contributed by atoms with van der Waals surface area (Å²) >= 11 is 0. The van der Waals surface area contributed by atoms with Crippen molar-refractivity contribution < 1.29 is 9.32 Å². The average molecular weight is 246 g/mol. The van der Waals surface area contributed by atoms with Crippen molar-refractivity contribution in [3.05, 3.63) is 41.5 Å². The van der Waals surface area contributed by atoms with Gasteiger partial charge < -0.3 is 15.6 Å². The van der Waals surface area contributed by atoms with E-state index >= 15 is 0 Å². The first-order valence-electron chi connectivity index (χ1n) is 5.53. The van der Waals surface area contributed by atoms with Crippen molar-refractivity contribution in [3.8, 4) is 0 Å². The Balaban J connectivity index is 2.14. The first-order chi connectivity index (χ1) is 8.56. The first kappa shape index (κ1) is 12.1. The van der Waals surface area contributed by atoms with Gasteiger partial charge in [-0.1, -0.05) is 11.2 Å². The van der Waals surface area contributed by atoms with E-state index in [1.165, 1.54) is 0 Å². The number of nitrogens with one attached hydrogen (secondary N) is 1. The molecule has 3 N–H and O–H groups in total. The minimum Gasteiger partial charge on any atom is -0.374 e. The molecule has 0 aliphatic heterocycles. The number of benzene rings is 1. The molecule has 18 heavy (non-hydrogen) atoms. The molecule has 1 heterocycles. The van der Waals surface area contributed by atoms with Gasteiger partial charge in [-0.05, 0) is 32.0 Å². The minimum absolute atomic E-state index is 0.144. The largest absolute Gasteiger partial charge is 0.374 e. The Kier molecular flexibility index (Phi) is 3.27. The van der Waals surface area contributed by atoms with Crippen LogP contribution in [-0.2, 0) is 0 Å². The molecule has 1 amide bonds. The number of aryl methyl sites for hydroxylation is 1. The van der Waals surface area contributed by atoms with Crippen molar-refractivity contribution in [2.75, 3.05) is 5.32 Å². The van der Waals surface area contributed by atoms with Crippen molar-refractivity contribution in [3.63, 3.8) is 0 Å². The lowest BCUT2D eigenvalue weighted by Crippen LogP contribution is -2.12. The van der Waals surface area contributed by atoms with Crippen LogP contribution in [0, 0.1) is 6.92 Å². The summed E-state index contributed by atoms with van der Waals surface area (Å²) in [5.41, 5.74) is 6.45. The Morgan fingerprint density at radius 3 is 2.89 bits per heavy atom. The van der Waals surface area contributed by atoms with Crippen LogP contribution < -0.4 is 11.1 Å². The van der Waals surface area contributed by atoms with Crippen LogP contribution in [0.2, 0.25) is 0 Å². The smallest absolute Gasteiger partial charge is 0.248 e.